The molecule has 2 fully saturated rings. The van der Waals surface area contributed by atoms with Gasteiger partial charge in [0.2, 0.25) is 0 Å². The minimum Gasteiger partial charge on any atom is -2.00 e. The van der Waals surface area contributed by atoms with Gasteiger partial charge in [-0.3, -0.25) is 0 Å². The maximum atomic E-state index is 5.50. The first-order chi connectivity index (χ1) is 33.0. The molecular weight excluding hydrogens is 1120 g/mol. The van der Waals surface area contributed by atoms with Gasteiger partial charge in [0, 0.05) is 11.9 Å². The molecule has 0 unspecified atom stereocenters. The fourth-order valence-electron chi connectivity index (χ4n) is 10.9. The van der Waals surface area contributed by atoms with Crippen LogP contribution in [0.15, 0.2) is 82.8 Å². The summed E-state index contributed by atoms with van der Waals surface area (Å²) in [6.07, 6.45) is 7.28. The van der Waals surface area contributed by atoms with Gasteiger partial charge in [0.05, 0.1) is 0 Å². The summed E-state index contributed by atoms with van der Waals surface area (Å²) in [6.45, 7) is 45.7. The molecule has 4 aromatic carbocycles. The van der Waals surface area contributed by atoms with Crippen molar-refractivity contribution in [1.29, 1.82) is 0 Å². The van der Waals surface area contributed by atoms with Crippen molar-refractivity contribution in [2.45, 2.75) is 249 Å². The summed E-state index contributed by atoms with van der Waals surface area (Å²) in [5.74, 6) is 4.98. The summed E-state index contributed by atoms with van der Waals surface area (Å²) in [4.78, 5) is 16.0. The summed E-state index contributed by atoms with van der Waals surface area (Å²) < 4.78 is 0. The summed E-state index contributed by atoms with van der Waals surface area (Å²) in [6, 6.07) is 28.4. The molecule has 0 N–H and O–H groups in total. The SMILES string of the molecule is CC(C)c1cccc(C(C)C)c1N=C([N-]c1c(C(C)C)cccc1C(C)C)N1[C@H](C)CCC[C@@H]1C.CC(C)c1cccc(C(C)C)c1N=C([N-]c1c(C(C)C)cccc1C(C)C)N1[C@H](C)CCC[C@@H]1C.[Fe+3].[Fe+3].[Se-2].[Se-2]. The molecule has 2 saturated heterocycles. The Kier molecular flexibility index (Phi) is 29.9. The number of benzene rings is 4. The normalized spacial score (nSPS) is 18.3. The molecule has 2 aliphatic heterocycles. The van der Waals surface area contributed by atoms with Gasteiger partial charge in [-0.05, 0) is 164 Å². The minimum absolute atomic E-state index is 0. The molecule has 0 bridgehead atoms. The van der Waals surface area contributed by atoms with E-state index in [0.717, 1.165) is 34.7 Å². The second-order valence-electron chi connectivity index (χ2n) is 23.5. The molecule has 6 rings (SSSR count). The third-order valence-electron chi connectivity index (χ3n) is 15.1. The molecule has 74 heavy (non-hydrogen) atoms. The standard InChI is InChI=1S/2C32H48N3.2Fe.2Se/c2*1-20(2)26-16-12-17-27(21(3)4)30(26)33-32(35-24(9)14-11-15-25(35)10)34-31-28(22(5)6)18-13-19-29(31)23(7)8;;;;/h2*12-13,16-25H,11,14-15H2,1-10H3;;;;/q2*-1;2*+3;2*-2/t2*24-,25+;;;;. The average Bonchev–Trinajstić information content (AvgIpc) is 3.28. The first kappa shape index (κ1) is 69.5. The molecule has 410 valence electrons. The van der Waals surface area contributed by atoms with Crippen LogP contribution in [-0.4, -0.2) is 80.0 Å². The summed E-state index contributed by atoms with van der Waals surface area (Å²) in [5, 5.41) is 11.0. The van der Waals surface area contributed by atoms with Crippen LogP contribution in [0.4, 0.5) is 22.7 Å². The Balaban J connectivity index is 0.000000702. The largest absolute Gasteiger partial charge is 3.00 e. The van der Waals surface area contributed by atoms with Crippen LogP contribution >= 0.6 is 0 Å². The van der Waals surface area contributed by atoms with Gasteiger partial charge in [0.1, 0.15) is 0 Å². The van der Waals surface area contributed by atoms with Crippen molar-refractivity contribution in [2.75, 3.05) is 0 Å². The van der Waals surface area contributed by atoms with Crippen LogP contribution in [-0.2, 0) is 34.1 Å². The van der Waals surface area contributed by atoms with E-state index in [1.54, 1.807) is 0 Å². The maximum absolute atomic E-state index is 5.50. The van der Waals surface area contributed by atoms with Gasteiger partial charge in [0.15, 0.2) is 0 Å². The van der Waals surface area contributed by atoms with E-state index in [1.807, 2.05) is 0 Å². The van der Waals surface area contributed by atoms with Gasteiger partial charge in [-0.1, -0.05) is 224 Å². The number of para-hydroxylation sites is 4. The van der Waals surface area contributed by atoms with E-state index in [4.69, 9.17) is 20.6 Å². The number of guanidine groups is 2. The van der Waals surface area contributed by atoms with Gasteiger partial charge >= 0.3 is 34.1 Å². The molecule has 4 atom stereocenters. The first-order valence-corrected chi connectivity index (χ1v) is 27.7. The smallest absolute Gasteiger partial charge is 2.00 e. The van der Waals surface area contributed by atoms with Crippen molar-refractivity contribution < 1.29 is 34.1 Å². The topological polar surface area (TPSA) is 59.4 Å². The van der Waals surface area contributed by atoms with Crippen LogP contribution in [0, 0.1) is 0 Å². The summed E-state index contributed by atoms with van der Waals surface area (Å²) >= 11 is 0. The zero-order chi connectivity index (χ0) is 51.7. The minimum atomic E-state index is 0. The number of hydrogen-bond acceptors (Lipinski definition) is 2. The van der Waals surface area contributed by atoms with Gasteiger partial charge < -0.3 is 64.6 Å². The van der Waals surface area contributed by atoms with Crippen LogP contribution in [0.2, 0.25) is 0 Å². The summed E-state index contributed by atoms with van der Waals surface area (Å²) in [5.41, 5.74) is 14.9. The maximum Gasteiger partial charge on any atom is 3.00 e. The monoisotopic (exact) mass is 1220 g/mol. The average molecular weight is 1220 g/mol. The second-order valence-corrected chi connectivity index (χ2v) is 23.5. The molecule has 2 heterocycles. The molecule has 2 aliphatic rings. The fourth-order valence-corrected chi connectivity index (χ4v) is 10.9. The number of aliphatic imine (C=N–C) groups is 2. The van der Waals surface area contributed by atoms with Crippen molar-refractivity contribution in [2.24, 2.45) is 9.98 Å². The molecule has 0 aromatic heterocycles. The summed E-state index contributed by atoms with van der Waals surface area (Å²) in [7, 11) is 0. The van der Waals surface area contributed by atoms with Gasteiger partial charge in [-0.25, -0.2) is 0 Å². The van der Waals surface area contributed by atoms with Crippen LogP contribution in [0.3, 0.4) is 0 Å². The van der Waals surface area contributed by atoms with Crippen molar-refractivity contribution in [1.82, 2.24) is 9.80 Å². The van der Waals surface area contributed by atoms with E-state index in [1.165, 1.54) is 83.0 Å². The van der Waals surface area contributed by atoms with Gasteiger partial charge in [-0.15, -0.1) is 0 Å². The Labute approximate surface area is 495 Å². The molecule has 0 aliphatic carbocycles. The Morgan fingerprint density at radius 1 is 0.365 bits per heavy atom. The van der Waals surface area contributed by atoms with Crippen LogP contribution in [0.25, 0.3) is 10.6 Å². The molecule has 2 radical (unpaired) electrons. The van der Waals surface area contributed by atoms with Crippen molar-refractivity contribution in [3.05, 3.63) is 128 Å². The van der Waals surface area contributed by atoms with Gasteiger partial charge in [-0.2, -0.15) is 0 Å². The predicted octanol–water partition coefficient (Wildman–Crippen LogP) is 19.5. The Hall–Kier alpha value is -2.50. The third-order valence-corrected chi connectivity index (χ3v) is 15.1. The zero-order valence-corrected chi connectivity index (χ0v) is 54.9. The fraction of sp³-hybridized carbons (Fsp3) is 0.594. The zero-order valence-electron chi connectivity index (χ0n) is 49.3. The van der Waals surface area contributed by atoms with E-state index < -0.39 is 0 Å². The van der Waals surface area contributed by atoms with Crippen molar-refractivity contribution in [3.63, 3.8) is 0 Å². The third kappa shape index (κ3) is 17.2. The molecule has 4 aromatic rings. The van der Waals surface area contributed by atoms with Crippen LogP contribution in [0.5, 0.6) is 0 Å². The van der Waals surface area contributed by atoms with E-state index in [9.17, 15) is 0 Å². The molecule has 10 heteroatoms. The molecular formula is C64H96Fe2N6Se2. The Bertz CT molecular complexity index is 2100. The van der Waals surface area contributed by atoms with E-state index in [0.29, 0.717) is 71.5 Å². The van der Waals surface area contributed by atoms with Gasteiger partial charge in [0.25, 0.3) is 0 Å². The van der Waals surface area contributed by atoms with E-state index in [2.05, 4.69) is 221 Å². The first-order valence-electron chi connectivity index (χ1n) is 27.7. The van der Waals surface area contributed by atoms with E-state index >= 15 is 0 Å². The number of rotatable bonds is 12. The van der Waals surface area contributed by atoms with Crippen LogP contribution < -0.4 is 0 Å². The molecule has 0 spiro atoms. The van der Waals surface area contributed by atoms with Crippen LogP contribution in [0.1, 0.15) is 269 Å². The van der Waals surface area contributed by atoms with Crippen molar-refractivity contribution >= 4 is 68.8 Å². The molecule has 6 nitrogen and oxygen atoms in total. The Morgan fingerprint density at radius 3 is 0.743 bits per heavy atom. The predicted molar refractivity (Wildman–Crippen MR) is 319 cm³/mol. The molecule has 0 amide bonds. The number of likely N-dealkylation sites (tertiary alicyclic amines) is 2. The number of piperidine rings is 2. The van der Waals surface area contributed by atoms with Crippen molar-refractivity contribution in [3.8, 4) is 0 Å². The quantitative estimate of drug-likeness (QED) is 0.0806. The molecule has 0 saturated carbocycles. The second kappa shape index (κ2) is 31.8. The number of hydrogen-bond donors (Lipinski definition) is 0. The van der Waals surface area contributed by atoms with E-state index in [-0.39, 0.29) is 68.3 Å². The Morgan fingerprint density at radius 2 is 0.554 bits per heavy atom. The number of nitrogens with zero attached hydrogens (tertiary/aromatic N) is 6.